The minimum absolute atomic E-state index is 0.0215. The number of non-ortho nitro benzene ring substituents is 1. The number of carbonyl (C=O) groups is 1. The first-order valence-electron chi connectivity index (χ1n) is 9.68. The number of amides is 2. The number of ether oxygens (including phenoxy) is 1. The van der Waals surface area contributed by atoms with Gasteiger partial charge >= 0.3 is 6.03 Å². The van der Waals surface area contributed by atoms with E-state index < -0.39 is 4.92 Å². The first-order valence-corrected chi connectivity index (χ1v) is 9.68. The summed E-state index contributed by atoms with van der Waals surface area (Å²) in [5.74, 6) is 0.632. The Morgan fingerprint density at radius 2 is 2.03 bits per heavy atom. The van der Waals surface area contributed by atoms with Crippen LogP contribution in [0.2, 0.25) is 0 Å². The summed E-state index contributed by atoms with van der Waals surface area (Å²) in [6.07, 6.45) is -0.0316. The molecule has 0 aliphatic carbocycles. The molecule has 1 unspecified atom stereocenters. The molecule has 154 valence electrons. The maximum Gasteiger partial charge on any atom is 0.321 e. The van der Waals surface area contributed by atoms with Gasteiger partial charge in [-0.15, -0.1) is 0 Å². The van der Waals surface area contributed by atoms with Gasteiger partial charge in [-0.1, -0.05) is 12.1 Å². The van der Waals surface area contributed by atoms with E-state index in [-0.39, 0.29) is 23.9 Å². The Morgan fingerprint density at radius 1 is 1.24 bits per heavy atom. The molecule has 0 bridgehead atoms. The first kappa shape index (κ1) is 20.6. The van der Waals surface area contributed by atoms with Crippen LogP contribution in [0.5, 0.6) is 5.75 Å². The molecule has 1 saturated heterocycles. The smallest absolute Gasteiger partial charge is 0.321 e. The number of benzene rings is 2. The second-order valence-corrected chi connectivity index (χ2v) is 7.30. The fourth-order valence-corrected chi connectivity index (χ4v) is 3.25. The minimum Gasteiger partial charge on any atom is -0.491 e. The molecule has 3 rings (SSSR count). The maximum atomic E-state index is 11.9. The quantitative estimate of drug-likeness (QED) is 0.521. The van der Waals surface area contributed by atoms with Crippen LogP contribution in [-0.4, -0.2) is 30.1 Å². The van der Waals surface area contributed by atoms with E-state index in [1.54, 1.807) is 17.0 Å². The zero-order chi connectivity index (χ0) is 21.0. The molecule has 8 nitrogen and oxygen atoms in total. The number of anilines is 1. The first-order chi connectivity index (χ1) is 13.8. The number of nitrogens with one attached hydrogen (secondary N) is 2. The number of carbonyl (C=O) groups excluding carboxylic acids is 1. The van der Waals surface area contributed by atoms with Crippen molar-refractivity contribution in [1.82, 2.24) is 10.6 Å². The number of hydrogen-bond acceptors (Lipinski definition) is 5. The van der Waals surface area contributed by atoms with Gasteiger partial charge in [0.05, 0.1) is 11.0 Å². The molecule has 1 aliphatic rings. The molecule has 2 aromatic carbocycles. The average molecular weight is 398 g/mol. The summed E-state index contributed by atoms with van der Waals surface area (Å²) in [5.41, 5.74) is 2.65. The van der Waals surface area contributed by atoms with E-state index in [9.17, 15) is 14.9 Å². The molecule has 0 aromatic heterocycles. The van der Waals surface area contributed by atoms with E-state index in [4.69, 9.17) is 4.74 Å². The summed E-state index contributed by atoms with van der Waals surface area (Å²) in [4.78, 5) is 24.4. The van der Waals surface area contributed by atoms with Crippen LogP contribution in [0.3, 0.4) is 0 Å². The van der Waals surface area contributed by atoms with Crippen molar-refractivity contribution < 1.29 is 14.5 Å². The predicted molar refractivity (Wildman–Crippen MR) is 111 cm³/mol. The SMILES string of the molecule is CC(C)Oc1ccc([N+](=O)[O-])cc1CNC(C)c1cccc(N2CCNC2=O)c1. The number of urea groups is 1. The summed E-state index contributed by atoms with van der Waals surface area (Å²) in [6.45, 7) is 7.56. The third kappa shape index (κ3) is 5.03. The fraction of sp³-hybridized carbons (Fsp3) is 0.381. The summed E-state index contributed by atoms with van der Waals surface area (Å²) in [5, 5.41) is 17.3. The van der Waals surface area contributed by atoms with E-state index in [0.717, 1.165) is 16.8 Å². The number of nitro groups is 1. The molecule has 1 fully saturated rings. The van der Waals surface area contributed by atoms with Gasteiger partial charge in [0.2, 0.25) is 0 Å². The highest BCUT2D eigenvalue weighted by Crippen LogP contribution is 2.27. The Bertz CT molecular complexity index is 900. The topological polar surface area (TPSA) is 96.7 Å². The van der Waals surface area contributed by atoms with Crippen molar-refractivity contribution in [1.29, 1.82) is 0 Å². The van der Waals surface area contributed by atoms with Crippen LogP contribution in [-0.2, 0) is 6.54 Å². The third-order valence-electron chi connectivity index (χ3n) is 4.75. The lowest BCUT2D eigenvalue weighted by atomic mass is 10.1. The van der Waals surface area contributed by atoms with E-state index in [2.05, 4.69) is 10.6 Å². The predicted octanol–water partition coefficient (Wildman–Crippen LogP) is 3.76. The second-order valence-electron chi connectivity index (χ2n) is 7.30. The van der Waals surface area contributed by atoms with E-state index in [0.29, 0.717) is 25.4 Å². The van der Waals surface area contributed by atoms with Crippen molar-refractivity contribution in [2.24, 2.45) is 0 Å². The Morgan fingerprint density at radius 3 is 2.69 bits per heavy atom. The Labute approximate surface area is 170 Å². The number of nitro benzene ring substituents is 1. The van der Waals surface area contributed by atoms with Gasteiger partial charge in [-0.25, -0.2) is 4.79 Å². The summed E-state index contributed by atoms with van der Waals surface area (Å²) in [7, 11) is 0. The van der Waals surface area contributed by atoms with Gasteiger partial charge in [0.25, 0.3) is 5.69 Å². The molecule has 0 spiro atoms. The van der Waals surface area contributed by atoms with Gasteiger partial charge in [0, 0.05) is 49.1 Å². The molecular weight excluding hydrogens is 372 g/mol. The zero-order valence-corrected chi connectivity index (χ0v) is 16.8. The van der Waals surface area contributed by atoms with Crippen molar-refractivity contribution in [3.05, 3.63) is 63.7 Å². The highest BCUT2D eigenvalue weighted by molar-refractivity contribution is 5.94. The largest absolute Gasteiger partial charge is 0.491 e. The zero-order valence-electron chi connectivity index (χ0n) is 16.8. The second kappa shape index (κ2) is 8.91. The van der Waals surface area contributed by atoms with Crippen LogP contribution in [0.4, 0.5) is 16.2 Å². The molecule has 8 heteroatoms. The molecule has 2 amide bonds. The van der Waals surface area contributed by atoms with E-state index in [1.807, 2.05) is 45.0 Å². The Balaban J connectivity index is 1.74. The number of nitrogens with zero attached hydrogens (tertiary/aromatic N) is 2. The van der Waals surface area contributed by atoms with Gasteiger partial charge < -0.3 is 15.4 Å². The highest BCUT2D eigenvalue weighted by Gasteiger charge is 2.21. The molecule has 2 N–H and O–H groups in total. The van der Waals surface area contributed by atoms with Crippen molar-refractivity contribution >= 4 is 17.4 Å². The normalized spacial score (nSPS) is 14.8. The Kier molecular flexibility index (Phi) is 6.33. The van der Waals surface area contributed by atoms with Crippen molar-refractivity contribution in [2.45, 2.75) is 39.5 Å². The highest BCUT2D eigenvalue weighted by atomic mass is 16.6. The van der Waals surface area contributed by atoms with Gasteiger partial charge in [-0.2, -0.15) is 0 Å². The van der Waals surface area contributed by atoms with Crippen LogP contribution in [0.1, 0.15) is 37.9 Å². The van der Waals surface area contributed by atoms with Crippen LogP contribution < -0.4 is 20.3 Å². The third-order valence-corrected chi connectivity index (χ3v) is 4.75. The monoisotopic (exact) mass is 398 g/mol. The van der Waals surface area contributed by atoms with E-state index >= 15 is 0 Å². The molecule has 0 radical (unpaired) electrons. The lowest BCUT2D eigenvalue weighted by molar-refractivity contribution is -0.384. The van der Waals surface area contributed by atoms with Crippen molar-refractivity contribution in [2.75, 3.05) is 18.0 Å². The van der Waals surface area contributed by atoms with Crippen molar-refractivity contribution in [3.8, 4) is 5.75 Å². The number of hydrogen-bond donors (Lipinski definition) is 2. The average Bonchev–Trinajstić information content (AvgIpc) is 3.12. The van der Waals surface area contributed by atoms with Gasteiger partial charge in [0.1, 0.15) is 5.75 Å². The van der Waals surface area contributed by atoms with Gasteiger partial charge in [-0.05, 0) is 44.5 Å². The van der Waals surface area contributed by atoms with Gasteiger partial charge in [0.15, 0.2) is 0 Å². The van der Waals surface area contributed by atoms with Crippen LogP contribution >= 0.6 is 0 Å². The number of rotatable bonds is 8. The molecule has 2 aromatic rings. The molecule has 1 heterocycles. The minimum atomic E-state index is -0.406. The van der Waals surface area contributed by atoms with Crippen LogP contribution in [0.15, 0.2) is 42.5 Å². The van der Waals surface area contributed by atoms with Crippen LogP contribution in [0, 0.1) is 10.1 Å². The maximum absolute atomic E-state index is 11.9. The molecular formula is C21H26N4O4. The summed E-state index contributed by atoms with van der Waals surface area (Å²) >= 11 is 0. The van der Waals surface area contributed by atoms with Crippen LogP contribution in [0.25, 0.3) is 0 Å². The standard InChI is InChI=1S/C21H26N4O4/c1-14(2)29-20-8-7-19(25(27)28)12-17(20)13-23-15(3)16-5-4-6-18(11-16)24-10-9-22-21(24)26/h4-8,11-12,14-15,23H,9-10,13H2,1-3H3,(H,22,26). The molecule has 1 atom stereocenters. The fourth-order valence-electron chi connectivity index (χ4n) is 3.25. The lowest BCUT2D eigenvalue weighted by Crippen LogP contribution is -2.28. The molecule has 0 saturated carbocycles. The molecule has 1 aliphatic heterocycles. The van der Waals surface area contributed by atoms with E-state index in [1.165, 1.54) is 6.07 Å². The van der Waals surface area contributed by atoms with Crippen molar-refractivity contribution in [3.63, 3.8) is 0 Å². The lowest BCUT2D eigenvalue weighted by Gasteiger charge is -2.20. The van der Waals surface area contributed by atoms with Gasteiger partial charge in [-0.3, -0.25) is 15.0 Å². The summed E-state index contributed by atoms with van der Waals surface area (Å²) in [6, 6.07) is 12.4. The molecule has 29 heavy (non-hydrogen) atoms. The Hall–Kier alpha value is -3.13. The summed E-state index contributed by atoms with van der Waals surface area (Å²) < 4.78 is 5.80.